The quantitative estimate of drug-likeness (QED) is 0.896. The molecule has 2 heterocycles. The molecule has 106 valence electrons. The Bertz CT molecular complexity index is 594. The van der Waals surface area contributed by atoms with Crippen molar-refractivity contribution in [2.24, 2.45) is 5.92 Å². The van der Waals surface area contributed by atoms with Gasteiger partial charge in [-0.25, -0.2) is 4.79 Å². The van der Waals surface area contributed by atoms with Crippen LogP contribution < -0.4 is 11.0 Å². The van der Waals surface area contributed by atoms with Crippen LogP contribution in [0.3, 0.4) is 0 Å². The van der Waals surface area contributed by atoms with E-state index in [0.29, 0.717) is 5.92 Å². The minimum Gasteiger partial charge on any atom is -0.385 e. The number of hydrogen-bond acceptors (Lipinski definition) is 3. The zero-order valence-corrected chi connectivity index (χ0v) is 11.3. The van der Waals surface area contributed by atoms with Crippen LogP contribution in [-0.4, -0.2) is 29.3 Å². The van der Waals surface area contributed by atoms with E-state index in [9.17, 15) is 4.79 Å². The molecule has 1 fully saturated rings. The maximum Gasteiger partial charge on any atom is 0.330 e. The number of aromatic nitrogens is 2. The first-order chi connectivity index (χ1) is 9.83. The molecule has 0 radical (unpaired) electrons. The van der Waals surface area contributed by atoms with Gasteiger partial charge in [0.25, 0.3) is 0 Å². The van der Waals surface area contributed by atoms with Crippen molar-refractivity contribution in [2.45, 2.75) is 12.8 Å². The van der Waals surface area contributed by atoms with Crippen LogP contribution in [0, 0.1) is 5.92 Å². The molecule has 1 aromatic carbocycles. The second-order valence-corrected chi connectivity index (χ2v) is 5.15. The fourth-order valence-corrected chi connectivity index (χ4v) is 2.49. The molecule has 1 aliphatic rings. The molecule has 1 aliphatic heterocycles. The highest BCUT2D eigenvalue weighted by atomic mass is 16.5. The number of benzene rings is 1. The molecule has 1 saturated heterocycles. The topological polar surface area (TPSA) is 59.0 Å². The first-order valence-electron chi connectivity index (χ1n) is 7.01. The van der Waals surface area contributed by atoms with E-state index in [0.717, 1.165) is 37.6 Å². The Hall–Kier alpha value is -2.01. The molecule has 5 nitrogen and oxygen atoms in total. The molecule has 2 N–H and O–H groups in total. The lowest BCUT2D eigenvalue weighted by Gasteiger charge is -2.22. The van der Waals surface area contributed by atoms with Crippen LogP contribution in [0.25, 0.3) is 5.69 Å². The number of imidazole rings is 1. The monoisotopic (exact) mass is 273 g/mol. The maximum absolute atomic E-state index is 11.5. The predicted octanol–water partition coefficient (Wildman–Crippen LogP) is 2.00. The average molecular weight is 273 g/mol. The van der Waals surface area contributed by atoms with Gasteiger partial charge in [0.05, 0.1) is 12.3 Å². The van der Waals surface area contributed by atoms with Gasteiger partial charge in [-0.2, -0.15) is 0 Å². The summed E-state index contributed by atoms with van der Waals surface area (Å²) in [6.45, 7) is 2.68. The Morgan fingerprint density at radius 1 is 1.35 bits per heavy atom. The summed E-state index contributed by atoms with van der Waals surface area (Å²) >= 11 is 0. The molecule has 0 bridgehead atoms. The lowest BCUT2D eigenvalue weighted by molar-refractivity contribution is 0.0595. The SMILES string of the molecule is O=c1[nH]ccn1-c1ccc(NCC2CCCOC2)cc1. The second-order valence-electron chi connectivity index (χ2n) is 5.15. The van der Waals surface area contributed by atoms with Gasteiger partial charge in [-0.15, -0.1) is 0 Å². The molecule has 0 amide bonds. The highest BCUT2D eigenvalue weighted by Gasteiger charge is 2.13. The van der Waals surface area contributed by atoms with Crippen LogP contribution in [0.15, 0.2) is 41.5 Å². The smallest absolute Gasteiger partial charge is 0.330 e. The average Bonchev–Trinajstić information content (AvgIpc) is 2.93. The van der Waals surface area contributed by atoms with Crippen molar-refractivity contribution in [3.8, 4) is 5.69 Å². The van der Waals surface area contributed by atoms with E-state index in [1.54, 1.807) is 17.0 Å². The summed E-state index contributed by atoms with van der Waals surface area (Å²) in [5.74, 6) is 0.593. The fourth-order valence-electron chi connectivity index (χ4n) is 2.49. The molecule has 0 aliphatic carbocycles. The standard InChI is InChI=1S/C15H19N3O2/c19-15-16-7-8-18(15)14-5-3-13(4-6-14)17-10-12-2-1-9-20-11-12/h3-8,12,17H,1-2,9-11H2,(H,16,19). The van der Waals surface area contributed by atoms with Crippen LogP contribution in [0.1, 0.15) is 12.8 Å². The lowest BCUT2D eigenvalue weighted by atomic mass is 10.0. The largest absolute Gasteiger partial charge is 0.385 e. The fraction of sp³-hybridized carbons (Fsp3) is 0.400. The van der Waals surface area contributed by atoms with Gasteiger partial charge in [0.2, 0.25) is 0 Å². The number of H-pyrrole nitrogens is 1. The minimum atomic E-state index is -0.120. The Morgan fingerprint density at radius 2 is 2.20 bits per heavy atom. The van der Waals surface area contributed by atoms with Crippen LogP contribution >= 0.6 is 0 Å². The van der Waals surface area contributed by atoms with Crippen LogP contribution in [0.2, 0.25) is 0 Å². The summed E-state index contributed by atoms with van der Waals surface area (Å²) in [6.07, 6.45) is 5.74. The molecular formula is C15H19N3O2. The Balaban J connectivity index is 1.61. The van der Waals surface area contributed by atoms with Gasteiger partial charge < -0.3 is 15.0 Å². The van der Waals surface area contributed by atoms with Gasteiger partial charge in [0.15, 0.2) is 0 Å². The molecule has 2 aromatic rings. The summed E-state index contributed by atoms with van der Waals surface area (Å²) in [4.78, 5) is 14.1. The predicted molar refractivity (Wildman–Crippen MR) is 78.4 cm³/mol. The minimum absolute atomic E-state index is 0.120. The maximum atomic E-state index is 11.5. The molecule has 1 atom stereocenters. The Labute approximate surface area is 117 Å². The van der Waals surface area contributed by atoms with Crippen molar-refractivity contribution in [1.82, 2.24) is 9.55 Å². The van der Waals surface area contributed by atoms with Crippen molar-refractivity contribution in [3.05, 3.63) is 47.1 Å². The second kappa shape index (κ2) is 5.96. The summed E-state index contributed by atoms with van der Waals surface area (Å²) in [7, 11) is 0. The van der Waals surface area contributed by atoms with Gasteiger partial charge in [-0.05, 0) is 43.0 Å². The highest BCUT2D eigenvalue weighted by Crippen LogP contribution is 2.16. The van der Waals surface area contributed by atoms with Crippen LogP contribution in [0.5, 0.6) is 0 Å². The number of nitrogens with one attached hydrogen (secondary N) is 2. The lowest BCUT2D eigenvalue weighted by Crippen LogP contribution is -2.24. The summed E-state index contributed by atoms with van der Waals surface area (Å²) in [5.41, 5.74) is 1.82. The first kappa shape index (κ1) is 13.0. The molecule has 5 heteroatoms. The summed E-state index contributed by atoms with van der Waals surface area (Å²) in [6, 6.07) is 7.88. The summed E-state index contributed by atoms with van der Waals surface area (Å²) < 4.78 is 7.05. The van der Waals surface area contributed by atoms with Crippen LogP contribution in [0.4, 0.5) is 5.69 Å². The zero-order chi connectivity index (χ0) is 13.8. The Morgan fingerprint density at radius 3 is 2.85 bits per heavy atom. The van der Waals surface area contributed by atoms with Gasteiger partial charge in [0, 0.05) is 31.2 Å². The molecule has 0 spiro atoms. The highest BCUT2D eigenvalue weighted by molar-refractivity contribution is 5.48. The normalized spacial score (nSPS) is 18.9. The van der Waals surface area contributed by atoms with Crippen molar-refractivity contribution >= 4 is 5.69 Å². The number of nitrogens with zero attached hydrogens (tertiary/aromatic N) is 1. The molecule has 3 rings (SSSR count). The van der Waals surface area contributed by atoms with E-state index >= 15 is 0 Å². The Kier molecular flexibility index (Phi) is 3.87. The molecular weight excluding hydrogens is 254 g/mol. The van der Waals surface area contributed by atoms with Gasteiger partial charge in [-0.1, -0.05) is 0 Å². The van der Waals surface area contributed by atoms with E-state index in [2.05, 4.69) is 10.3 Å². The van der Waals surface area contributed by atoms with Gasteiger partial charge >= 0.3 is 5.69 Å². The molecule has 0 saturated carbocycles. The number of aromatic amines is 1. The number of ether oxygens (including phenoxy) is 1. The number of hydrogen-bond donors (Lipinski definition) is 2. The zero-order valence-electron chi connectivity index (χ0n) is 11.3. The van der Waals surface area contributed by atoms with E-state index < -0.39 is 0 Å². The van der Waals surface area contributed by atoms with Crippen molar-refractivity contribution in [1.29, 1.82) is 0 Å². The third-order valence-electron chi connectivity index (χ3n) is 3.64. The van der Waals surface area contributed by atoms with E-state index in [1.165, 1.54) is 6.42 Å². The molecule has 1 unspecified atom stereocenters. The first-order valence-corrected chi connectivity index (χ1v) is 7.01. The van der Waals surface area contributed by atoms with Gasteiger partial charge in [-0.3, -0.25) is 4.57 Å². The van der Waals surface area contributed by atoms with Crippen molar-refractivity contribution in [3.63, 3.8) is 0 Å². The number of rotatable bonds is 4. The molecule has 1 aromatic heterocycles. The third-order valence-corrected chi connectivity index (χ3v) is 3.64. The van der Waals surface area contributed by atoms with Gasteiger partial charge in [0.1, 0.15) is 0 Å². The number of anilines is 1. The van der Waals surface area contributed by atoms with E-state index in [-0.39, 0.29) is 5.69 Å². The van der Waals surface area contributed by atoms with Crippen LogP contribution in [-0.2, 0) is 4.74 Å². The van der Waals surface area contributed by atoms with E-state index in [4.69, 9.17) is 4.74 Å². The van der Waals surface area contributed by atoms with Crippen molar-refractivity contribution < 1.29 is 4.74 Å². The molecule has 20 heavy (non-hydrogen) atoms. The third kappa shape index (κ3) is 2.93. The van der Waals surface area contributed by atoms with E-state index in [1.807, 2.05) is 24.3 Å². The summed E-state index contributed by atoms with van der Waals surface area (Å²) in [5, 5.41) is 3.43. The van der Waals surface area contributed by atoms with Crippen molar-refractivity contribution in [2.75, 3.05) is 25.1 Å².